The van der Waals surface area contributed by atoms with Gasteiger partial charge in [-0.05, 0) is 43.9 Å². The topological polar surface area (TPSA) is 66.5 Å². The second kappa shape index (κ2) is 7.01. The van der Waals surface area contributed by atoms with Crippen molar-refractivity contribution in [2.24, 2.45) is 5.92 Å². The van der Waals surface area contributed by atoms with E-state index in [1.165, 1.54) is 12.1 Å². The molecule has 1 N–H and O–H groups in total. The number of benzene rings is 1. The van der Waals surface area contributed by atoms with Crippen molar-refractivity contribution in [3.05, 3.63) is 29.8 Å². The molecule has 1 aliphatic rings. The molecular weight excluding hydrogens is 312 g/mol. The van der Waals surface area contributed by atoms with Crippen LogP contribution in [-0.4, -0.2) is 37.9 Å². The van der Waals surface area contributed by atoms with E-state index in [0.717, 1.165) is 12.8 Å². The third-order valence-corrected chi connectivity index (χ3v) is 5.85. The van der Waals surface area contributed by atoms with Crippen LogP contribution in [0.25, 0.3) is 0 Å². The van der Waals surface area contributed by atoms with Crippen LogP contribution in [-0.2, 0) is 10.0 Å². The maximum absolute atomic E-state index is 12.9. The molecule has 128 valence electrons. The zero-order valence-corrected chi connectivity index (χ0v) is 15.1. The predicted molar refractivity (Wildman–Crippen MR) is 90.8 cm³/mol. The molecule has 1 aromatic carbocycles. The molecule has 1 aliphatic carbocycles. The predicted octanol–water partition coefficient (Wildman–Crippen LogP) is 2.63. The maximum Gasteiger partial charge on any atom is 0.254 e. The molecule has 0 spiro atoms. The van der Waals surface area contributed by atoms with Crippen molar-refractivity contribution in [1.29, 1.82) is 0 Å². The second-order valence-electron chi connectivity index (χ2n) is 6.46. The third kappa shape index (κ3) is 4.12. The Morgan fingerprint density at radius 2 is 1.96 bits per heavy atom. The van der Waals surface area contributed by atoms with Gasteiger partial charge in [-0.25, -0.2) is 13.1 Å². The number of hydrogen-bond acceptors (Lipinski definition) is 3. The molecule has 5 nitrogen and oxygen atoms in total. The highest BCUT2D eigenvalue weighted by atomic mass is 32.2. The summed E-state index contributed by atoms with van der Waals surface area (Å²) >= 11 is 0. The minimum Gasteiger partial charge on any atom is -0.333 e. The fraction of sp³-hybridized carbons (Fsp3) is 0.588. The standard InChI is InChI=1S/C17H26N2O3S/c1-5-18-23(21,22)16-8-6-7-14(11-16)17(20)19(15-9-10-15)13(4)12(2)3/h6-8,11-13,15,18H,5,9-10H2,1-4H3/t13-/m1/s1. The van der Waals surface area contributed by atoms with E-state index in [1.807, 2.05) is 4.90 Å². The van der Waals surface area contributed by atoms with Crippen molar-refractivity contribution in [2.75, 3.05) is 6.54 Å². The lowest BCUT2D eigenvalue weighted by Gasteiger charge is -2.32. The molecule has 2 rings (SSSR count). The Bertz CT molecular complexity index is 666. The lowest BCUT2D eigenvalue weighted by Crippen LogP contribution is -2.43. The van der Waals surface area contributed by atoms with E-state index < -0.39 is 10.0 Å². The first-order chi connectivity index (χ1) is 10.8. The Morgan fingerprint density at radius 1 is 1.30 bits per heavy atom. The van der Waals surface area contributed by atoms with Crippen LogP contribution in [0.1, 0.15) is 50.9 Å². The zero-order chi connectivity index (χ0) is 17.2. The molecule has 6 heteroatoms. The molecule has 1 amide bonds. The fourth-order valence-corrected chi connectivity index (χ4v) is 3.66. The van der Waals surface area contributed by atoms with E-state index in [1.54, 1.807) is 19.1 Å². The van der Waals surface area contributed by atoms with Gasteiger partial charge in [-0.15, -0.1) is 0 Å². The Morgan fingerprint density at radius 3 is 2.48 bits per heavy atom. The van der Waals surface area contributed by atoms with E-state index in [0.29, 0.717) is 18.0 Å². The fourth-order valence-electron chi connectivity index (χ4n) is 2.58. The molecule has 1 aromatic rings. The Hall–Kier alpha value is -1.40. The van der Waals surface area contributed by atoms with Gasteiger partial charge in [0.25, 0.3) is 5.91 Å². The average Bonchev–Trinajstić information content (AvgIpc) is 3.32. The molecule has 23 heavy (non-hydrogen) atoms. The van der Waals surface area contributed by atoms with Gasteiger partial charge >= 0.3 is 0 Å². The summed E-state index contributed by atoms with van der Waals surface area (Å²) in [5.74, 6) is 0.274. The number of nitrogens with zero attached hydrogens (tertiary/aromatic N) is 1. The largest absolute Gasteiger partial charge is 0.333 e. The van der Waals surface area contributed by atoms with Gasteiger partial charge in [0.15, 0.2) is 0 Å². The number of amides is 1. The average molecular weight is 338 g/mol. The Labute approximate surface area is 139 Å². The molecule has 0 radical (unpaired) electrons. The number of rotatable bonds is 7. The number of nitrogens with one attached hydrogen (secondary N) is 1. The molecular formula is C17H26N2O3S. The molecule has 0 heterocycles. The Balaban J connectivity index is 2.32. The van der Waals surface area contributed by atoms with Crippen LogP contribution >= 0.6 is 0 Å². The minimum absolute atomic E-state index is 0.0813. The van der Waals surface area contributed by atoms with Crippen molar-refractivity contribution >= 4 is 15.9 Å². The van der Waals surface area contributed by atoms with Crippen LogP contribution in [0.3, 0.4) is 0 Å². The van der Waals surface area contributed by atoms with Gasteiger partial charge in [0.1, 0.15) is 0 Å². The van der Waals surface area contributed by atoms with Gasteiger partial charge in [0.05, 0.1) is 4.90 Å². The summed E-state index contributed by atoms with van der Waals surface area (Å²) in [5, 5.41) is 0. The SMILES string of the molecule is CCNS(=O)(=O)c1cccc(C(=O)N(C2CC2)[C@H](C)C(C)C)c1. The number of carbonyl (C=O) groups excluding carboxylic acids is 1. The number of sulfonamides is 1. The first-order valence-electron chi connectivity index (χ1n) is 8.20. The van der Waals surface area contributed by atoms with Crippen LogP contribution in [0, 0.1) is 5.92 Å². The van der Waals surface area contributed by atoms with Crippen LogP contribution in [0.15, 0.2) is 29.2 Å². The van der Waals surface area contributed by atoms with Gasteiger partial charge in [-0.3, -0.25) is 4.79 Å². The number of hydrogen-bond donors (Lipinski definition) is 1. The van der Waals surface area contributed by atoms with Crippen molar-refractivity contribution < 1.29 is 13.2 Å². The molecule has 0 saturated heterocycles. The highest BCUT2D eigenvalue weighted by molar-refractivity contribution is 7.89. The summed E-state index contributed by atoms with van der Waals surface area (Å²) in [4.78, 5) is 15.0. The third-order valence-electron chi connectivity index (χ3n) is 4.30. The summed E-state index contributed by atoms with van der Waals surface area (Å²) in [6.45, 7) is 8.30. The molecule has 1 fully saturated rings. The monoisotopic (exact) mass is 338 g/mol. The lowest BCUT2D eigenvalue weighted by molar-refractivity contribution is 0.0627. The molecule has 1 atom stereocenters. The van der Waals surface area contributed by atoms with E-state index in [9.17, 15) is 13.2 Å². The van der Waals surface area contributed by atoms with E-state index in [2.05, 4.69) is 25.5 Å². The first-order valence-corrected chi connectivity index (χ1v) is 9.68. The first kappa shape index (κ1) is 17.9. The van der Waals surface area contributed by atoms with E-state index >= 15 is 0 Å². The summed E-state index contributed by atoms with van der Waals surface area (Å²) < 4.78 is 26.7. The summed E-state index contributed by atoms with van der Waals surface area (Å²) in [6.07, 6.45) is 2.05. The maximum atomic E-state index is 12.9. The van der Waals surface area contributed by atoms with Gasteiger partial charge in [0, 0.05) is 24.2 Å². The van der Waals surface area contributed by atoms with Crippen molar-refractivity contribution in [3.63, 3.8) is 0 Å². The van der Waals surface area contributed by atoms with Crippen molar-refractivity contribution in [1.82, 2.24) is 9.62 Å². The van der Waals surface area contributed by atoms with Gasteiger partial charge in [-0.2, -0.15) is 0 Å². The van der Waals surface area contributed by atoms with Crippen LogP contribution < -0.4 is 4.72 Å². The molecule has 0 aliphatic heterocycles. The zero-order valence-electron chi connectivity index (χ0n) is 14.2. The minimum atomic E-state index is -3.55. The lowest BCUT2D eigenvalue weighted by atomic mass is 10.0. The molecule has 0 aromatic heterocycles. The quantitative estimate of drug-likeness (QED) is 0.831. The summed E-state index contributed by atoms with van der Waals surface area (Å²) in [6, 6.07) is 6.72. The van der Waals surface area contributed by atoms with Crippen molar-refractivity contribution in [3.8, 4) is 0 Å². The summed E-state index contributed by atoms with van der Waals surface area (Å²) in [7, 11) is -3.55. The Kier molecular flexibility index (Phi) is 5.47. The van der Waals surface area contributed by atoms with Crippen LogP contribution in [0.2, 0.25) is 0 Å². The van der Waals surface area contributed by atoms with Gasteiger partial charge in [-0.1, -0.05) is 26.8 Å². The molecule has 1 saturated carbocycles. The molecule has 0 unspecified atom stereocenters. The molecule has 0 bridgehead atoms. The van der Waals surface area contributed by atoms with E-state index in [-0.39, 0.29) is 22.9 Å². The van der Waals surface area contributed by atoms with Crippen molar-refractivity contribution in [2.45, 2.75) is 57.5 Å². The van der Waals surface area contributed by atoms with Crippen LogP contribution in [0.4, 0.5) is 0 Å². The van der Waals surface area contributed by atoms with Gasteiger partial charge < -0.3 is 4.90 Å². The van der Waals surface area contributed by atoms with Crippen LogP contribution in [0.5, 0.6) is 0 Å². The normalized spacial score (nSPS) is 16.4. The highest BCUT2D eigenvalue weighted by Gasteiger charge is 2.37. The van der Waals surface area contributed by atoms with E-state index in [4.69, 9.17) is 0 Å². The highest BCUT2D eigenvalue weighted by Crippen LogP contribution is 2.32. The number of carbonyl (C=O) groups is 1. The second-order valence-corrected chi connectivity index (χ2v) is 8.22. The smallest absolute Gasteiger partial charge is 0.254 e. The van der Waals surface area contributed by atoms with Gasteiger partial charge in [0.2, 0.25) is 10.0 Å². The summed E-state index contributed by atoms with van der Waals surface area (Å²) in [5.41, 5.74) is 0.434.